The molecule has 1 saturated heterocycles. The van der Waals surface area contributed by atoms with E-state index in [1.54, 1.807) is 0 Å². The zero-order valence-electron chi connectivity index (χ0n) is 11.5. The Labute approximate surface area is 103 Å². The van der Waals surface area contributed by atoms with Crippen molar-refractivity contribution < 1.29 is 13.8 Å². The Morgan fingerprint density at radius 3 is 2.12 bits per heavy atom. The molecule has 1 aliphatic heterocycles. The highest BCUT2D eigenvalue weighted by Gasteiger charge is 2.53. The minimum absolute atomic E-state index is 0.327. The number of aryl methyl sites for hydroxylation is 2. The minimum atomic E-state index is -0.374. The molecule has 0 radical (unpaired) electrons. The fraction of sp³-hybridized carbons (Fsp3) is 0.750. The topological polar surface area (TPSA) is 44.5 Å². The molecule has 0 amide bonds. The Bertz CT molecular complexity index is 409. The van der Waals surface area contributed by atoms with Crippen LogP contribution in [-0.2, 0) is 15.7 Å². The third kappa shape index (κ3) is 1.91. The van der Waals surface area contributed by atoms with E-state index in [1.165, 1.54) is 0 Å². The monoisotopic (exact) mass is 237 g/mol. The summed E-state index contributed by atoms with van der Waals surface area (Å²) in [5.74, 6) is 0.848. The molecular formula is C12H20BNO3. The summed E-state index contributed by atoms with van der Waals surface area (Å²) in [6.45, 7) is 12.1. The average molecular weight is 237 g/mol. The highest BCUT2D eigenvalue weighted by atomic mass is 16.7. The second-order valence-electron chi connectivity index (χ2n) is 5.55. The molecule has 0 saturated carbocycles. The second kappa shape index (κ2) is 3.85. The first kappa shape index (κ1) is 12.6. The average Bonchev–Trinajstić information content (AvgIpc) is 2.65. The van der Waals surface area contributed by atoms with Crippen molar-refractivity contribution in [2.24, 2.45) is 0 Å². The molecule has 2 rings (SSSR count). The molecule has 0 atom stereocenters. The molecule has 0 aromatic carbocycles. The summed E-state index contributed by atoms with van der Waals surface area (Å²) in [6.07, 6.45) is 0.792. The van der Waals surface area contributed by atoms with Gasteiger partial charge in [-0.25, -0.2) is 0 Å². The first-order valence-electron chi connectivity index (χ1n) is 6.09. The Hall–Kier alpha value is -0.805. The van der Waals surface area contributed by atoms with Gasteiger partial charge in [-0.3, -0.25) is 0 Å². The predicted octanol–water partition coefficient (Wildman–Crippen LogP) is 1.84. The van der Waals surface area contributed by atoms with E-state index < -0.39 is 0 Å². The molecular weight excluding hydrogens is 217 g/mol. The lowest BCUT2D eigenvalue weighted by atomic mass is 9.77. The Kier molecular flexibility index (Phi) is 2.87. The molecule has 0 unspecified atom stereocenters. The first-order valence-corrected chi connectivity index (χ1v) is 6.09. The van der Waals surface area contributed by atoms with Crippen LogP contribution in [0.25, 0.3) is 0 Å². The van der Waals surface area contributed by atoms with Crippen molar-refractivity contribution >= 4 is 12.6 Å². The van der Waals surface area contributed by atoms with Crippen LogP contribution in [0.5, 0.6) is 0 Å². The highest BCUT2D eigenvalue weighted by Crippen LogP contribution is 2.36. The van der Waals surface area contributed by atoms with Crippen LogP contribution in [0.1, 0.15) is 46.1 Å². The maximum atomic E-state index is 6.01. The summed E-state index contributed by atoms with van der Waals surface area (Å²) in [5, 5.41) is 3.99. The number of nitrogens with zero attached hydrogens (tertiary/aromatic N) is 1. The van der Waals surface area contributed by atoms with Gasteiger partial charge in [-0.2, -0.15) is 0 Å². The van der Waals surface area contributed by atoms with Gasteiger partial charge >= 0.3 is 7.12 Å². The van der Waals surface area contributed by atoms with E-state index in [0.717, 1.165) is 23.3 Å². The molecule has 0 N–H and O–H groups in total. The van der Waals surface area contributed by atoms with Crippen LogP contribution >= 0.6 is 0 Å². The predicted molar refractivity (Wildman–Crippen MR) is 66.3 cm³/mol. The molecule has 0 bridgehead atoms. The van der Waals surface area contributed by atoms with E-state index in [1.807, 2.05) is 41.5 Å². The van der Waals surface area contributed by atoms with Crippen molar-refractivity contribution in [3.05, 3.63) is 11.5 Å². The van der Waals surface area contributed by atoms with Crippen LogP contribution in [0.15, 0.2) is 4.52 Å². The number of hydrogen-bond acceptors (Lipinski definition) is 4. The van der Waals surface area contributed by atoms with Crippen molar-refractivity contribution in [3.63, 3.8) is 0 Å². The van der Waals surface area contributed by atoms with Crippen LogP contribution < -0.4 is 5.46 Å². The maximum absolute atomic E-state index is 6.01. The summed E-state index contributed by atoms with van der Waals surface area (Å²) < 4.78 is 17.3. The van der Waals surface area contributed by atoms with Gasteiger partial charge in [-0.1, -0.05) is 12.1 Å². The lowest BCUT2D eigenvalue weighted by Crippen LogP contribution is -2.41. The third-order valence-electron chi connectivity index (χ3n) is 3.79. The van der Waals surface area contributed by atoms with Crippen LogP contribution in [0.3, 0.4) is 0 Å². The summed E-state index contributed by atoms with van der Waals surface area (Å²) in [5.41, 5.74) is 1.14. The van der Waals surface area contributed by atoms with Gasteiger partial charge < -0.3 is 13.8 Å². The lowest BCUT2D eigenvalue weighted by Gasteiger charge is -2.32. The van der Waals surface area contributed by atoms with Gasteiger partial charge in [-0.05, 0) is 34.6 Å². The molecule has 2 heterocycles. The lowest BCUT2D eigenvalue weighted by molar-refractivity contribution is 0.00578. The van der Waals surface area contributed by atoms with Crippen LogP contribution in [-0.4, -0.2) is 23.5 Å². The summed E-state index contributed by atoms with van der Waals surface area (Å²) in [7, 11) is -0.374. The SMILES string of the molecule is CCc1onc(C)c1B1OC(C)(C)C(C)(C)O1. The molecule has 5 heteroatoms. The zero-order valence-corrected chi connectivity index (χ0v) is 11.5. The second-order valence-corrected chi connectivity index (χ2v) is 5.55. The van der Waals surface area contributed by atoms with Crippen LogP contribution in [0, 0.1) is 6.92 Å². The molecule has 1 aliphatic rings. The zero-order chi connectivity index (χ0) is 12.8. The molecule has 0 spiro atoms. The highest BCUT2D eigenvalue weighted by molar-refractivity contribution is 6.63. The minimum Gasteiger partial charge on any atom is -0.399 e. The van der Waals surface area contributed by atoms with E-state index in [0.29, 0.717) is 0 Å². The standard InChI is InChI=1S/C12H20BNO3/c1-7-9-10(8(2)14-15-9)13-16-11(3,4)12(5,6)17-13/h7H2,1-6H3. The fourth-order valence-corrected chi connectivity index (χ4v) is 1.94. The Balaban J connectivity index is 2.35. The van der Waals surface area contributed by atoms with E-state index in [4.69, 9.17) is 13.8 Å². The normalized spacial score (nSPS) is 22.1. The van der Waals surface area contributed by atoms with Crippen molar-refractivity contribution in [3.8, 4) is 0 Å². The Morgan fingerprint density at radius 1 is 1.12 bits per heavy atom. The third-order valence-corrected chi connectivity index (χ3v) is 3.79. The molecule has 4 nitrogen and oxygen atoms in total. The quantitative estimate of drug-likeness (QED) is 0.736. The van der Waals surface area contributed by atoms with Crippen molar-refractivity contribution in [1.82, 2.24) is 5.16 Å². The van der Waals surface area contributed by atoms with E-state index in [-0.39, 0.29) is 18.3 Å². The van der Waals surface area contributed by atoms with Crippen molar-refractivity contribution in [2.75, 3.05) is 0 Å². The number of aromatic nitrogens is 1. The van der Waals surface area contributed by atoms with Crippen LogP contribution in [0.2, 0.25) is 0 Å². The number of rotatable bonds is 2. The van der Waals surface area contributed by atoms with E-state index in [9.17, 15) is 0 Å². The van der Waals surface area contributed by atoms with Gasteiger partial charge in [0.1, 0.15) is 5.76 Å². The van der Waals surface area contributed by atoms with Gasteiger partial charge in [0.05, 0.1) is 16.9 Å². The molecule has 94 valence electrons. The smallest absolute Gasteiger partial charge is 0.399 e. The fourth-order valence-electron chi connectivity index (χ4n) is 1.94. The first-order chi connectivity index (χ1) is 7.78. The molecule has 17 heavy (non-hydrogen) atoms. The molecule has 1 aromatic rings. The Morgan fingerprint density at radius 2 is 1.65 bits per heavy atom. The summed E-state index contributed by atoms with van der Waals surface area (Å²) >= 11 is 0. The van der Waals surface area contributed by atoms with Gasteiger partial charge in [-0.15, -0.1) is 0 Å². The molecule has 1 fully saturated rings. The molecule has 1 aromatic heterocycles. The van der Waals surface area contributed by atoms with Gasteiger partial charge in [0.15, 0.2) is 0 Å². The van der Waals surface area contributed by atoms with E-state index >= 15 is 0 Å². The largest absolute Gasteiger partial charge is 0.500 e. The van der Waals surface area contributed by atoms with Crippen molar-refractivity contribution in [1.29, 1.82) is 0 Å². The van der Waals surface area contributed by atoms with E-state index in [2.05, 4.69) is 5.16 Å². The number of hydrogen-bond donors (Lipinski definition) is 0. The van der Waals surface area contributed by atoms with Crippen LogP contribution in [0.4, 0.5) is 0 Å². The van der Waals surface area contributed by atoms with Crippen molar-refractivity contribution in [2.45, 2.75) is 59.2 Å². The summed E-state index contributed by atoms with van der Waals surface area (Å²) in [4.78, 5) is 0. The maximum Gasteiger partial charge on any atom is 0.500 e. The van der Waals surface area contributed by atoms with Gasteiger partial charge in [0.25, 0.3) is 0 Å². The summed E-state index contributed by atoms with van der Waals surface area (Å²) in [6, 6.07) is 0. The van der Waals surface area contributed by atoms with Gasteiger partial charge in [0, 0.05) is 11.9 Å². The van der Waals surface area contributed by atoms with Gasteiger partial charge in [0.2, 0.25) is 0 Å². The molecule has 0 aliphatic carbocycles.